The lowest BCUT2D eigenvalue weighted by Gasteiger charge is -2.05. The molecule has 0 aromatic carbocycles. The second kappa shape index (κ2) is 4.65. The molecule has 16 heavy (non-hydrogen) atoms. The highest BCUT2D eigenvalue weighted by Gasteiger charge is 2.20. The third-order valence-corrected chi connectivity index (χ3v) is 2.01. The molecule has 0 unspecified atom stereocenters. The molecule has 0 saturated heterocycles. The van der Waals surface area contributed by atoms with Crippen LogP contribution in [0, 0.1) is 6.92 Å². The molecule has 0 saturated carbocycles. The average molecular weight is 226 g/mol. The van der Waals surface area contributed by atoms with Crippen molar-refractivity contribution in [3.63, 3.8) is 0 Å². The van der Waals surface area contributed by atoms with E-state index >= 15 is 0 Å². The summed E-state index contributed by atoms with van der Waals surface area (Å²) >= 11 is 0. The number of nitrogens with two attached hydrogens (primary N) is 2. The maximum Gasteiger partial charge on any atom is 0.359 e. The van der Waals surface area contributed by atoms with Gasteiger partial charge in [0, 0.05) is 6.54 Å². The molecule has 0 fully saturated rings. The highest BCUT2D eigenvalue weighted by molar-refractivity contribution is 5.95. The number of rotatable bonds is 4. The van der Waals surface area contributed by atoms with E-state index in [1.54, 1.807) is 6.92 Å². The predicted octanol–water partition coefficient (Wildman–Crippen LogP) is -0.564. The number of aromatic nitrogens is 2. The standard InChI is InChI=1S/C9H14N4O3/c1-3-13-8(7(11)5(2)12-13)9(15)16-4-6(10)14/h3-4,11H2,1-2H3,(H2,10,14). The number of nitrogens with zero attached hydrogens (tertiary/aromatic N) is 2. The highest BCUT2D eigenvalue weighted by atomic mass is 16.5. The second-order valence-electron chi connectivity index (χ2n) is 3.21. The number of hydrogen-bond donors (Lipinski definition) is 2. The van der Waals surface area contributed by atoms with Gasteiger partial charge in [0.1, 0.15) is 0 Å². The van der Waals surface area contributed by atoms with Crippen LogP contribution in [0.4, 0.5) is 5.69 Å². The van der Waals surface area contributed by atoms with Crippen molar-refractivity contribution >= 4 is 17.6 Å². The zero-order chi connectivity index (χ0) is 12.3. The van der Waals surface area contributed by atoms with E-state index in [0.29, 0.717) is 12.2 Å². The van der Waals surface area contributed by atoms with Crippen LogP contribution in [-0.2, 0) is 16.1 Å². The van der Waals surface area contributed by atoms with Crippen molar-refractivity contribution in [2.75, 3.05) is 12.3 Å². The number of esters is 1. The van der Waals surface area contributed by atoms with E-state index in [9.17, 15) is 9.59 Å². The molecule has 7 heteroatoms. The van der Waals surface area contributed by atoms with Crippen LogP contribution >= 0.6 is 0 Å². The molecule has 7 nitrogen and oxygen atoms in total. The van der Waals surface area contributed by atoms with Crippen molar-refractivity contribution in [3.8, 4) is 0 Å². The third-order valence-electron chi connectivity index (χ3n) is 2.01. The molecular formula is C9H14N4O3. The first kappa shape index (κ1) is 12.0. The molecule has 0 aliphatic heterocycles. The maximum absolute atomic E-state index is 11.6. The third kappa shape index (κ3) is 2.30. The molecule has 1 amide bonds. The van der Waals surface area contributed by atoms with Gasteiger partial charge in [-0.25, -0.2) is 4.79 Å². The normalized spacial score (nSPS) is 10.1. The summed E-state index contributed by atoms with van der Waals surface area (Å²) < 4.78 is 6.10. The van der Waals surface area contributed by atoms with Crippen molar-refractivity contribution in [2.45, 2.75) is 20.4 Å². The minimum Gasteiger partial charge on any atom is -0.451 e. The Morgan fingerprint density at radius 1 is 1.50 bits per heavy atom. The van der Waals surface area contributed by atoms with Crippen LogP contribution in [-0.4, -0.2) is 28.3 Å². The first-order valence-corrected chi connectivity index (χ1v) is 4.75. The van der Waals surface area contributed by atoms with Gasteiger partial charge in [0.15, 0.2) is 12.3 Å². The van der Waals surface area contributed by atoms with E-state index in [1.165, 1.54) is 4.68 Å². The largest absolute Gasteiger partial charge is 0.451 e. The Hall–Kier alpha value is -2.05. The summed E-state index contributed by atoms with van der Waals surface area (Å²) in [7, 11) is 0. The van der Waals surface area contributed by atoms with Crippen LogP contribution in [0.25, 0.3) is 0 Å². The maximum atomic E-state index is 11.6. The van der Waals surface area contributed by atoms with Crippen molar-refractivity contribution in [3.05, 3.63) is 11.4 Å². The van der Waals surface area contributed by atoms with Crippen molar-refractivity contribution in [1.82, 2.24) is 9.78 Å². The Balaban J connectivity index is 2.93. The molecule has 4 N–H and O–H groups in total. The molecule has 88 valence electrons. The van der Waals surface area contributed by atoms with E-state index in [1.807, 2.05) is 6.92 Å². The minimum absolute atomic E-state index is 0.154. The SMILES string of the molecule is CCn1nc(C)c(N)c1C(=O)OCC(N)=O. The van der Waals surface area contributed by atoms with E-state index in [-0.39, 0.29) is 11.4 Å². The van der Waals surface area contributed by atoms with Crippen molar-refractivity contribution in [1.29, 1.82) is 0 Å². The number of nitrogen functional groups attached to an aromatic ring is 1. The quantitative estimate of drug-likeness (QED) is 0.668. The minimum atomic E-state index is -0.716. The van der Waals surface area contributed by atoms with E-state index in [2.05, 4.69) is 9.84 Å². The van der Waals surface area contributed by atoms with Gasteiger partial charge in [-0.1, -0.05) is 0 Å². The molecule has 0 bridgehead atoms. The van der Waals surface area contributed by atoms with Gasteiger partial charge in [0.25, 0.3) is 5.91 Å². The lowest BCUT2D eigenvalue weighted by Crippen LogP contribution is -2.22. The summed E-state index contributed by atoms with van der Waals surface area (Å²) in [6.45, 7) is 3.52. The lowest BCUT2D eigenvalue weighted by atomic mass is 10.3. The number of ether oxygens (including phenoxy) is 1. The predicted molar refractivity (Wildman–Crippen MR) is 56.5 cm³/mol. The fourth-order valence-corrected chi connectivity index (χ4v) is 1.24. The lowest BCUT2D eigenvalue weighted by molar-refractivity contribution is -0.121. The summed E-state index contributed by atoms with van der Waals surface area (Å²) in [5, 5.41) is 4.05. The smallest absolute Gasteiger partial charge is 0.359 e. The summed E-state index contributed by atoms with van der Waals surface area (Å²) in [6, 6.07) is 0. The monoisotopic (exact) mass is 226 g/mol. The number of amides is 1. The zero-order valence-electron chi connectivity index (χ0n) is 9.19. The zero-order valence-corrected chi connectivity index (χ0v) is 9.19. The number of carbonyl (C=O) groups is 2. The number of aryl methyl sites for hydroxylation is 2. The Morgan fingerprint density at radius 2 is 2.12 bits per heavy atom. The summed E-state index contributed by atoms with van der Waals surface area (Å²) in [5.74, 6) is -1.41. The molecule has 1 aromatic heterocycles. The Kier molecular flexibility index (Phi) is 3.49. The number of anilines is 1. The van der Waals surface area contributed by atoms with E-state index in [0.717, 1.165) is 0 Å². The molecule has 0 aliphatic rings. The van der Waals surface area contributed by atoms with Gasteiger partial charge in [-0.05, 0) is 13.8 Å². The molecule has 0 atom stereocenters. The molecular weight excluding hydrogens is 212 g/mol. The van der Waals surface area contributed by atoms with Crippen LogP contribution in [0.15, 0.2) is 0 Å². The van der Waals surface area contributed by atoms with Crippen LogP contribution < -0.4 is 11.5 Å². The topological polar surface area (TPSA) is 113 Å². The summed E-state index contributed by atoms with van der Waals surface area (Å²) in [6.07, 6.45) is 0. The molecule has 0 spiro atoms. The highest BCUT2D eigenvalue weighted by Crippen LogP contribution is 2.17. The molecule has 0 radical (unpaired) electrons. The second-order valence-corrected chi connectivity index (χ2v) is 3.21. The van der Waals surface area contributed by atoms with Gasteiger partial charge < -0.3 is 16.2 Å². The average Bonchev–Trinajstić information content (AvgIpc) is 2.51. The summed E-state index contributed by atoms with van der Waals surface area (Å²) in [5.41, 5.74) is 11.5. The Bertz CT molecular complexity index is 425. The van der Waals surface area contributed by atoms with Crippen LogP contribution in [0.1, 0.15) is 23.1 Å². The number of carbonyl (C=O) groups excluding carboxylic acids is 2. The van der Waals surface area contributed by atoms with Gasteiger partial charge >= 0.3 is 5.97 Å². The first-order valence-electron chi connectivity index (χ1n) is 4.75. The Morgan fingerprint density at radius 3 is 2.62 bits per heavy atom. The van der Waals surface area contributed by atoms with Crippen LogP contribution in [0.5, 0.6) is 0 Å². The molecule has 1 rings (SSSR count). The number of primary amides is 1. The summed E-state index contributed by atoms with van der Waals surface area (Å²) in [4.78, 5) is 22.1. The van der Waals surface area contributed by atoms with E-state index < -0.39 is 18.5 Å². The molecule has 1 heterocycles. The van der Waals surface area contributed by atoms with Gasteiger partial charge in [-0.15, -0.1) is 0 Å². The van der Waals surface area contributed by atoms with Gasteiger partial charge in [-0.3, -0.25) is 9.48 Å². The fourth-order valence-electron chi connectivity index (χ4n) is 1.24. The first-order chi connectivity index (χ1) is 7.47. The van der Waals surface area contributed by atoms with Crippen LogP contribution in [0.2, 0.25) is 0 Å². The van der Waals surface area contributed by atoms with Gasteiger partial charge in [0.05, 0.1) is 11.4 Å². The molecule has 1 aromatic rings. The van der Waals surface area contributed by atoms with Crippen LogP contribution in [0.3, 0.4) is 0 Å². The van der Waals surface area contributed by atoms with Crippen molar-refractivity contribution < 1.29 is 14.3 Å². The van der Waals surface area contributed by atoms with Gasteiger partial charge in [-0.2, -0.15) is 5.10 Å². The van der Waals surface area contributed by atoms with E-state index in [4.69, 9.17) is 11.5 Å². The molecule has 0 aliphatic carbocycles. The number of hydrogen-bond acceptors (Lipinski definition) is 5. The van der Waals surface area contributed by atoms with Gasteiger partial charge in [0.2, 0.25) is 0 Å². The van der Waals surface area contributed by atoms with Crippen molar-refractivity contribution in [2.24, 2.45) is 5.73 Å². The Labute approximate surface area is 92.3 Å². The fraction of sp³-hybridized carbons (Fsp3) is 0.444.